The van der Waals surface area contributed by atoms with E-state index in [-0.39, 0.29) is 0 Å². The van der Waals surface area contributed by atoms with E-state index in [1.165, 1.54) is 4.90 Å². The van der Waals surface area contributed by atoms with Crippen molar-refractivity contribution in [3.8, 4) is 10.6 Å². The Balaban J connectivity index is 1.88. The standard InChI is InChI=1S/C15H12N2S2/c16-14-10-12(19-11-4-2-1-3-5-11)6-7-13(14)15-17-8-9-18-15/h1-10H,16H2. The topological polar surface area (TPSA) is 38.9 Å². The number of hydrogen-bond acceptors (Lipinski definition) is 4. The number of hydrogen-bond donors (Lipinski definition) is 1. The van der Waals surface area contributed by atoms with E-state index in [1.54, 1.807) is 29.3 Å². The molecule has 0 aliphatic rings. The Bertz CT molecular complexity index is 664. The van der Waals surface area contributed by atoms with Crippen LogP contribution >= 0.6 is 23.1 Å². The third kappa shape index (κ3) is 2.80. The predicted molar refractivity (Wildman–Crippen MR) is 82.5 cm³/mol. The number of nitrogens with two attached hydrogens (primary N) is 1. The smallest absolute Gasteiger partial charge is 0.125 e. The van der Waals surface area contributed by atoms with Crippen LogP contribution in [0, 0.1) is 0 Å². The van der Waals surface area contributed by atoms with Crippen molar-refractivity contribution in [1.82, 2.24) is 4.98 Å². The highest BCUT2D eigenvalue weighted by molar-refractivity contribution is 7.99. The first-order chi connectivity index (χ1) is 9.33. The molecule has 0 atom stereocenters. The third-order valence-corrected chi connectivity index (χ3v) is 4.47. The Labute approximate surface area is 120 Å². The van der Waals surface area contributed by atoms with Gasteiger partial charge in [0.2, 0.25) is 0 Å². The van der Waals surface area contributed by atoms with E-state index in [9.17, 15) is 0 Å². The van der Waals surface area contributed by atoms with Gasteiger partial charge in [0.15, 0.2) is 0 Å². The monoisotopic (exact) mass is 284 g/mol. The zero-order chi connectivity index (χ0) is 13.1. The number of aromatic nitrogens is 1. The molecule has 0 fully saturated rings. The van der Waals surface area contributed by atoms with Crippen molar-refractivity contribution in [1.29, 1.82) is 0 Å². The molecule has 3 rings (SSSR count). The van der Waals surface area contributed by atoms with Crippen LogP contribution in [0.5, 0.6) is 0 Å². The van der Waals surface area contributed by atoms with Crippen LogP contribution in [-0.2, 0) is 0 Å². The summed E-state index contributed by atoms with van der Waals surface area (Å²) in [5.74, 6) is 0. The molecule has 3 aromatic rings. The number of benzene rings is 2. The molecule has 0 saturated heterocycles. The number of nitrogen functional groups attached to an aromatic ring is 1. The lowest BCUT2D eigenvalue weighted by Crippen LogP contribution is -1.90. The van der Waals surface area contributed by atoms with Gasteiger partial charge in [-0.25, -0.2) is 4.98 Å². The normalized spacial score (nSPS) is 10.5. The number of nitrogens with zero attached hydrogens (tertiary/aromatic N) is 1. The first-order valence-corrected chi connectivity index (χ1v) is 7.55. The molecule has 0 saturated carbocycles. The van der Waals surface area contributed by atoms with Gasteiger partial charge >= 0.3 is 0 Å². The molecule has 0 unspecified atom stereocenters. The van der Waals surface area contributed by atoms with Crippen LogP contribution in [0.1, 0.15) is 0 Å². The average molecular weight is 284 g/mol. The van der Waals surface area contributed by atoms with Crippen LogP contribution in [-0.4, -0.2) is 4.98 Å². The SMILES string of the molecule is Nc1cc(Sc2ccccc2)ccc1-c1nccs1. The molecule has 0 amide bonds. The van der Waals surface area contributed by atoms with E-state index in [2.05, 4.69) is 23.2 Å². The molecular formula is C15H12N2S2. The zero-order valence-corrected chi connectivity index (χ0v) is 11.7. The van der Waals surface area contributed by atoms with Crippen LogP contribution in [0.3, 0.4) is 0 Å². The largest absolute Gasteiger partial charge is 0.398 e. The van der Waals surface area contributed by atoms with Gasteiger partial charge in [0, 0.05) is 32.6 Å². The molecule has 1 heterocycles. The minimum absolute atomic E-state index is 0.774. The number of anilines is 1. The Morgan fingerprint density at radius 1 is 1.00 bits per heavy atom. The average Bonchev–Trinajstić information content (AvgIpc) is 2.94. The maximum atomic E-state index is 6.12. The molecule has 2 N–H and O–H groups in total. The van der Waals surface area contributed by atoms with Crippen molar-refractivity contribution in [2.45, 2.75) is 9.79 Å². The Morgan fingerprint density at radius 2 is 1.84 bits per heavy atom. The molecule has 0 bridgehead atoms. The van der Waals surface area contributed by atoms with E-state index in [0.717, 1.165) is 21.2 Å². The van der Waals surface area contributed by atoms with Gasteiger partial charge < -0.3 is 5.73 Å². The summed E-state index contributed by atoms with van der Waals surface area (Å²) in [7, 11) is 0. The molecule has 4 heteroatoms. The van der Waals surface area contributed by atoms with E-state index in [0.29, 0.717) is 0 Å². The van der Waals surface area contributed by atoms with Gasteiger partial charge in [-0.1, -0.05) is 30.0 Å². The second kappa shape index (κ2) is 5.47. The first kappa shape index (κ1) is 12.3. The highest BCUT2D eigenvalue weighted by Gasteiger charge is 2.06. The summed E-state index contributed by atoms with van der Waals surface area (Å²) >= 11 is 3.31. The Hall–Kier alpha value is -1.78. The van der Waals surface area contributed by atoms with E-state index < -0.39 is 0 Å². The van der Waals surface area contributed by atoms with Crippen LogP contribution in [0.2, 0.25) is 0 Å². The molecule has 2 nitrogen and oxygen atoms in total. The molecule has 0 aliphatic heterocycles. The summed E-state index contributed by atoms with van der Waals surface area (Å²) in [5.41, 5.74) is 7.90. The van der Waals surface area contributed by atoms with E-state index in [1.807, 2.05) is 35.7 Å². The second-order valence-electron chi connectivity index (χ2n) is 4.00. The molecule has 19 heavy (non-hydrogen) atoms. The minimum atomic E-state index is 0.774. The van der Waals surface area contributed by atoms with Gasteiger partial charge in [-0.2, -0.15) is 0 Å². The highest BCUT2D eigenvalue weighted by Crippen LogP contribution is 2.34. The van der Waals surface area contributed by atoms with E-state index >= 15 is 0 Å². The minimum Gasteiger partial charge on any atom is -0.398 e. The fourth-order valence-electron chi connectivity index (χ4n) is 1.78. The summed E-state index contributed by atoms with van der Waals surface area (Å²) in [5, 5.41) is 2.93. The molecule has 0 aliphatic carbocycles. The van der Waals surface area contributed by atoms with Crippen molar-refractivity contribution < 1.29 is 0 Å². The van der Waals surface area contributed by atoms with Gasteiger partial charge in [-0.15, -0.1) is 11.3 Å². The lowest BCUT2D eigenvalue weighted by molar-refractivity contribution is 1.38. The predicted octanol–water partition coefficient (Wildman–Crippen LogP) is 4.54. The molecule has 0 spiro atoms. The summed E-state index contributed by atoms with van der Waals surface area (Å²) < 4.78 is 0. The van der Waals surface area contributed by atoms with Crippen molar-refractivity contribution >= 4 is 28.8 Å². The van der Waals surface area contributed by atoms with Gasteiger partial charge in [-0.3, -0.25) is 0 Å². The summed E-state index contributed by atoms with van der Waals surface area (Å²) in [4.78, 5) is 6.65. The molecule has 94 valence electrons. The lowest BCUT2D eigenvalue weighted by Gasteiger charge is -2.06. The Morgan fingerprint density at radius 3 is 2.53 bits per heavy atom. The fraction of sp³-hybridized carbons (Fsp3) is 0. The van der Waals surface area contributed by atoms with Crippen molar-refractivity contribution in [3.63, 3.8) is 0 Å². The van der Waals surface area contributed by atoms with Gasteiger partial charge in [0.1, 0.15) is 5.01 Å². The summed E-state index contributed by atoms with van der Waals surface area (Å²) in [6.45, 7) is 0. The molecule has 0 radical (unpaired) electrons. The lowest BCUT2D eigenvalue weighted by atomic mass is 10.2. The maximum absolute atomic E-state index is 6.12. The van der Waals surface area contributed by atoms with Crippen LogP contribution in [0.15, 0.2) is 69.9 Å². The van der Waals surface area contributed by atoms with Crippen LogP contribution in [0.4, 0.5) is 5.69 Å². The molecular weight excluding hydrogens is 272 g/mol. The van der Waals surface area contributed by atoms with Gasteiger partial charge in [0.25, 0.3) is 0 Å². The van der Waals surface area contributed by atoms with Crippen LogP contribution in [0.25, 0.3) is 10.6 Å². The van der Waals surface area contributed by atoms with Crippen LogP contribution < -0.4 is 5.73 Å². The summed E-state index contributed by atoms with van der Waals surface area (Å²) in [6, 6.07) is 16.4. The van der Waals surface area contributed by atoms with Gasteiger partial charge in [-0.05, 0) is 30.3 Å². The highest BCUT2D eigenvalue weighted by atomic mass is 32.2. The van der Waals surface area contributed by atoms with Crippen molar-refractivity contribution in [3.05, 3.63) is 60.1 Å². The number of thiazole rings is 1. The van der Waals surface area contributed by atoms with Crippen molar-refractivity contribution in [2.75, 3.05) is 5.73 Å². The Kier molecular flexibility index (Phi) is 3.53. The van der Waals surface area contributed by atoms with E-state index in [4.69, 9.17) is 5.73 Å². The third-order valence-electron chi connectivity index (χ3n) is 2.66. The van der Waals surface area contributed by atoms with Crippen molar-refractivity contribution in [2.24, 2.45) is 0 Å². The molecule has 2 aromatic carbocycles. The molecule has 1 aromatic heterocycles. The summed E-state index contributed by atoms with van der Waals surface area (Å²) in [6.07, 6.45) is 1.80. The zero-order valence-electron chi connectivity index (χ0n) is 10.1. The first-order valence-electron chi connectivity index (χ1n) is 5.85. The van der Waals surface area contributed by atoms with Gasteiger partial charge in [0.05, 0.1) is 0 Å². The fourth-order valence-corrected chi connectivity index (χ4v) is 3.35. The quantitative estimate of drug-likeness (QED) is 0.717. The number of rotatable bonds is 3. The second-order valence-corrected chi connectivity index (χ2v) is 6.04. The maximum Gasteiger partial charge on any atom is 0.125 e.